The van der Waals surface area contributed by atoms with Crippen LogP contribution in [-0.2, 0) is 0 Å². The number of aromatic nitrogens is 1. The van der Waals surface area contributed by atoms with Crippen LogP contribution in [0.25, 0.3) is 0 Å². The SMILES string of the molecule is CC(NC(=O)c1cccc(N)n1)C1CCCC1. The lowest BCUT2D eigenvalue weighted by atomic mass is 10.00. The maximum atomic E-state index is 11.9. The summed E-state index contributed by atoms with van der Waals surface area (Å²) in [5.74, 6) is 0.864. The molecule has 1 heterocycles. The quantitative estimate of drug-likeness (QED) is 0.838. The van der Waals surface area contributed by atoms with E-state index >= 15 is 0 Å². The first-order valence-corrected chi connectivity index (χ1v) is 6.20. The zero-order valence-electron chi connectivity index (χ0n) is 10.1. The first-order chi connectivity index (χ1) is 8.16. The highest BCUT2D eigenvalue weighted by atomic mass is 16.1. The Labute approximate surface area is 102 Å². The van der Waals surface area contributed by atoms with Crippen molar-refractivity contribution in [2.75, 3.05) is 5.73 Å². The summed E-state index contributed by atoms with van der Waals surface area (Å²) in [6, 6.07) is 5.33. The highest BCUT2D eigenvalue weighted by Crippen LogP contribution is 2.27. The highest BCUT2D eigenvalue weighted by Gasteiger charge is 2.23. The van der Waals surface area contributed by atoms with Gasteiger partial charge in [-0.2, -0.15) is 0 Å². The number of hydrogen-bond donors (Lipinski definition) is 2. The number of nitrogen functional groups attached to an aromatic ring is 1. The Morgan fingerprint density at radius 2 is 2.18 bits per heavy atom. The Kier molecular flexibility index (Phi) is 3.61. The van der Waals surface area contributed by atoms with E-state index in [1.54, 1.807) is 18.2 Å². The van der Waals surface area contributed by atoms with Crippen molar-refractivity contribution in [3.63, 3.8) is 0 Å². The summed E-state index contributed by atoms with van der Waals surface area (Å²) in [6.45, 7) is 2.07. The molecule has 3 N–H and O–H groups in total. The summed E-state index contributed by atoms with van der Waals surface area (Å²) in [5.41, 5.74) is 5.96. The molecule has 0 saturated heterocycles. The second kappa shape index (κ2) is 5.17. The molecule has 0 bridgehead atoms. The average Bonchev–Trinajstić information content (AvgIpc) is 2.82. The number of carbonyl (C=O) groups excluding carboxylic acids is 1. The summed E-state index contributed by atoms with van der Waals surface area (Å²) in [7, 11) is 0. The lowest BCUT2D eigenvalue weighted by Crippen LogP contribution is -2.37. The normalized spacial score (nSPS) is 17.9. The van der Waals surface area contributed by atoms with Gasteiger partial charge in [-0.05, 0) is 37.8 Å². The second-order valence-corrected chi connectivity index (χ2v) is 4.75. The fourth-order valence-electron chi connectivity index (χ4n) is 2.43. The molecule has 1 amide bonds. The van der Waals surface area contributed by atoms with E-state index in [0.717, 1.165) is 0 Å². The van der Waals surface area contributed by atoms with Crippen molar-refractivity contribution >= 4 is 11.7 Å². The van der Waals surface area contributed by atoms with Gasteiger partial charge in [-0.15, -0.1) is 0 Å². The van der Waals surface area contributed by atoms with Gasteiger partial charge in [-0.25, -0.2) is 4.98 Å². The Morgan fingerprint density at radius 1 is 1.47 bits per heavy atom. The van der Waals surface area contributed by atoms with Crippen molar-refractivity contribution in [3.8, 4) is 0 Å². The lowest BCUT2D eigenvalue weighted by molar-refractivity contribution is 0.0922. The zero-order valence-corrected chi connectivity index (χ0v) is 10.1. The third kappa shape index (κ3) is 2.96. The van der Waals surface area contributed by atoms with Gasteiger partial charge >= 0.3 is 0 Å². The number of nitrogens with two attached hydrogens (primary N) is 1. The molecule has 1 unspecified atom stereocenters. The molecule has 17 heavy (non-hydrogen) atoms. The van der Waals surface area contributed by atoms with E-state index in [0.29, 0.717) is 17.4 Å². The number of hydrogen-bond acceptors (Lipinski definition) is 3. The Hall–Kier alpha value is -1.58. The minimum Gasteiger partial charge on any atom is -0.384 e. The van der Waals surface area contributed by atoms with Crippen molar-refractivity contribution in [2.24, 2.45) is 5.92 Å². The van der Waals surface area contributed by atoms with Crippen LogP contribution in [-0.4, -0.2) is 16.9 Å². The predicted octanol–water partition coefficient (Wildman–Crippen LogP) is 1.97. The molecule has 1 atom stereocenters. The van der Waals surface area contributed by atoms with Gasteiger partial charge in [0.1, 0.15) is 11.5 Å². The van der Waals surface area contributed by atoms with Crippen LogP contribution in [0.2, 0.25) is 0 Å². The van der Waals surface area contributed by atoms with E-state index < -0.39 is 0 Å². The van der Waals surface area contributed by atoms with Gasteiger partial charge in [-0.3, -0.25) is 4.79 Å². The molecule has 92 valence electrons. The monoisotopic (exact) mass is 233 g/mol. The number of nitrogens with one attached hydrogen (secondary N) is 1. The van der Waals surface area contributed by atoms with Gasteiger partial charge in [0.2, 0.25) is 0 Å². The second-order valence-electron chi connectivity index (χ2n) is 4.75. The smallest absolute Gasteiger partial charge is 0.270 e. The van der Waals surface area contributed by atoms with Gasteiger partial charge in [-0.1, -0.05) is 18.9 Å². The van der Waals surface area contributed by atoms with Crippen LogP contribution in [0.3, 0.4) is 0 Å². The number of carbonyl (C=O) groups is 1. The van der Waals surface area contributed by atoms with Crippen LogP contribution in [0, 0.1) is 5.92 Å². The predicted molar refractivity (Wildman–Crippen MR) is 67.5 cm³/mol. The maximum absolute atomic E-state index is 11.9. The fourth-order valence-corrected chi connectivity index (χ4v) is 2.43. The van der Waals surface area contributed by atoms with Crippen molar-refractivity contribution in [1.29, 1.82) is 0 Å². The molecule has 0 radical (unpaired) electrons. The Bertz CT molecular complexity index is 399. The zero-order chi connectivity index (χ0) is 12.3. The molecule has 1 aliphatic rings. The summed E-state index contributed by atoms with van der Waals surface area (Å²) in [4.78, 5) is 16.0. The summed E-state index contributed by atoms with van der Waals surface area (Å²) in [5, 5.41) is 3.01. The molecule has 0 aromatic carbocycles. The minimum atomic E-state index is -0.128. The van der Waals surface area contributed by atoms with E-state index in [-0.39, 0.29) is 11.9 Å². The Balaban J connectivity index is 1.96. The van der Waals surface area contributed by atoms with Crippen molar-refractivity contribution in [1.82, 2.24) is 10.3 Å². The van der Waals surface area contributed by atoms with Crippen molar-refractivity contribution in [2.45, 2.75) is 38.6 Å². The third-order valence-electron chi connectivity index (χ3n) is 3.47. The summed E-state index contributed by atoms with van der Waals surface area (Å²) in [6.07, 6.45) is 4.99. The van der Waals surface area contributed by atoms with Crippen molar-refractivity contribution in [3.05, 3.63) is 23.9 Å². The molecule has 1 aromatic heterocycles. The molecule has 4 nitrogen and oxygen atoms in total. The molecular weight excluding hydrogens is 214 g/mol. The third-order valence-corrected chi connectivity index (χ3v) is 3.47. The van der Waals surface area contributed by atoms with Crippen LogP contribution in [0.4, 0.5) is 5.82 Å². The topological polar surface area (TPSA) is 68.0 Å². The molecule has 0 spiro atoms. The molecule has 2 rings (SSSR count). The van der Waals surface area contributed by atoms with Gasteiger partial charge in [0, 0.05) is 6.04 Å². The molecule has 1 aromatic rings. The minimum absolute atomic E-state index is 0.128. The fraction of sp³-hybridized carbons (Fsp3) is 0.538. The standard InChI is InChI=1S/C13H19N3O/c1-9(10-5-2-3-6-10)15-13(17)11-7-4-8-12(14)16-11/h4,7-10H,2-3,5-6H2,1H3,(H2,14,16)(H,15,17). The average molecular weight is 233 g/mol. The van der Waals surface area contributed by atoms with Gasteiger partial charge in [0.05, 0.1) is 0 Å². The molecule has 1 saturated carbocycles. The van der Waals surface area contributed by atoms with E-state index in [1.165, 1.54) is 25.7 Å². The molecule has 4 heteroatoms. The van der Waals surface area contributed by atoms with Crippen LogP contribution in [0.15, 0.2) is 18.2 Å². The van der Waals surface area contributed by atoms with Gasteiger partial charge < -0.3 is 11.1 Å². The van der Waals surface area contributed by atoms with Gasteiger partial charge in [0.25, 0.3) is 5.91 Å². The first kappa shape index (κ1) is 11.9. The van der Waals surface area contributed by atoms with E-state index in [1.807, 2.05) is 0 Å². The summed E-state index contributed by atoms with van der Waals surface area (Å²) >= 11 is 0. The van der Waals surface area contributed by atoms with Crippen LogP contribution >= 0.6 is 0 Å². The molecule has 0 aliphatic heterocycles. The molecular formula is C13H19N3O. The van der Waals surface area contributed by atoms with Crippen LogP contribution in [0.5, 0.6) is 0 Å². The van der Waals surface area contributed by atoms with E-state index in [4.69, 9.17) is 5.73 Å². The number of anilines is 1. The van der Waals surface area contributed by atoms with E-state index in [9.17, 15) is 4.79 Å². The summed E-state index contributed by atoms with van der Waals surface area (Å²) < 4.78 is 0. The van der Waals surface area contributed by atoms with Crippen molar-refractivity contribution < 1.29 is 4.79 Å². The van der Waals surface area contributed by atoms with Gasteiger partial charge in [0.15, 0.2) is 0 Å². The number of rotatable bonds is 3. The molecule has 1 aliphatic carbocycles. The maximum Gasteiger partial charge on any atom is 0.270 e. The lowest BCUT2D eigenvalue weighted by Gasteiger charge is -2.20. The van der Waals surface area contributed by atoms with Crippen LogP contribution < -0.4 is 11.1 Å². The number of nitrogens with zero attached hydrogens (tertiary/aromatic N) is 1. The number of amides is 1. The largest absolute Gasteiger partial charge is 0.384 e. The van der Waals surface area contributed by atoms with Crippen LogP contribution in [0.1, 0.15) is 43.1 Å². The molecule has 1 fully saturated rings. The number of pyridine rings is 1. The van der Waals surface area contributed by atoms with E-state index in [2.05, 4.69) is 17.2 Å². The Morgan fingerprint density at radius 3 is 2.82 bits per heavy atom. The first-order valence-electron chi connectivity index (χ1n) is 6.20. The highest BCUT2D eigenvalue weighted by molar-refractivity contribution is 5.92.